The van der Waals surface area contributed by atoms with E-state index in [4.69, 9.17) is 0 Å². The molecular formula is C18H19N5OS. The van der Waals surface area contributed by atoms with Gasteiger partial charge in [0.25, 0.3) is 5.91 Å². The molecule has 25 heavy (non-hydrogen) atoms. The number of nitrogens with zero attached hydrogens (tertiary/aromatic N) is 4. The number of thiazole rings is 1. The largest absolute Gasteiger partial charge is 0.296 e. The summed E-state index contributed by atoms with van der Waals surface area (Å²) in [5, 5.41) is 12.2. The normalized spacial score (nSPS) is 16.5. The Kier molecular flexibility index (Phi) is 4.09. The van der Waals surface area contributed by atoms with Crippen LogP contribution in [0.4, 0.5) is 5.13 Å². The SMILES string of the molecule is Cc1nn(-c2ccccc2)nc1C(=O)Nc1nc2c(s1)CC(C)CC2. The van der Waals surface area contributed by atoms with Crippen LogP contribution in [-0.2, 0) is 12.8 Å². The van der Waals surface area contributed by atoms with Gasteiger partial charge in [0.05, 0.1) is 17.1 Å². The van der Waals surface area contributed by atoms with Gasteiger partial charge in [-0.2, -0.15) is 9.90 Å². The smallest absolute Gasteiger partial charge is 0.279 e. The summed E-state index contributed by atoms with van der Waals surface area (Å²) in [7, 11) is 0. The van der Waals surface area contributed by atoms with Gasteiger partial charge < -0.3 is 0 Å². The van der Waals surface area contributed by atoms with Crippen molar-refractivity contribution in [2.24, 2.45) is 5.92 Å². The first-order valence-corrected chi connectivity index (χ1v) is 9.21. The zero-order valence-electron chi connectivity index (χ0n) is 14.2. The van der Waals surface area contributed by atoms with Gasteiger partial charge in [-0.25, -0.2) is 4.98 Å². The summed E-state index contributed by atoms with van der Waals surface area (Å²) in [6.07, 6.45) is 3.20. The van der Waals surface area contributed by atoms with Gasteiger partial charge in [-0.3, -0.25) is 10.1 Å². The first kappa shape index (κ1) is 16.0. The molecule has 0 saturated heterocycles. The minimum absolute atomic E-state index is 0.265. The van der Waals surface area contributed by atoms with Crippen LogP contribution in [0.25, 0.3) is 5.69 Å². The highest BCUT2D eigenvalue weighted by Crippen LogP contribution is 2.32. The number of benzene rings is 1. The number of anilines is 1. The maximum absolute atomic E-state index is 12.6. The topological polar surface area (TPSA) is 72.7 Å². The predicted molar refractivity (Wildman–Crippen MR) is 97.4 cm³/mol. The molecule has 0 bridgehead atoms. The first-order valence-electron chi connectivity index (χ1n) is 8.39. The van der Waals surface area contributed by atoms with Crippen LogP contribution in [0.1, 0.15) is 40.1 Å². The molecule has 1 amide bonds. The quantitative estimate of drug-likeness (QED) is 0.783. The van der Waals surface area contributed by atoms with Crippen molar-refractivity contribution in [3.05, 3.63) is 52.3 Å². The van der Waals surface area contributed by atoms with Crippen molar-refractivity contribution in [1.29, 1.82) is 0 Å². The first-order chi connectivity index (χ1) is 12.1. The van der Waals surface area contributed by atoms with E-state index < -0.39 is 0 Å². The van der Waals surface area contributed by atoms with Crippen molar-refractivity contribution in [1.82, 2.24) is 20.0 Å². The molecule has 2 aromatic heterocycles. The van der Waals surface area contributed by atoms with E-state index in [1.54, 1.807) is 18.3 Å². The van der Waals surface area contributed by atoms with Crippen LogP contribution >= 0.6 is 11.3 Å². The van der Waals surface area contributed by atoms with Gasteiger partial charge in [0.15, 0.2) is 10.8 Å². The average Bonchev–Trinajstić information content (AvgIpc) is 3.18. The molecule has 0 saturated carbocycles. The van der Waals surface area contributed by atoms with Crippen LogP contribution in [0.2, 0.25) is 0 Å². The van der Waals surface area contributed by atoms with Crippen molar-refractivity contribution in [3.63, 3.8) is 0 Å². The van der Waals surface area contributed by atoms with Gasteiger partial charge in [-0.1, -0.05) is 25.1 Å². The molecule has 0 fully saturated rings. The molecule has 4 rings (SSSR count). The Morgan fingerprint density at radius 3 is 2.88 bits per heavy atom. The third-order valence-electron chi connectivity index (χ3n) is 4.39. The third-order valence-corrected chi connectivity index (χ3v) is 5.43. The predicted octanol–water partition coefficient (Wildman–Crippen LogP) is 3.41. The van der Waals surface area contributed by atoms with Crippen LogP contribution < -0.4 is 5.32 Å². The molecule has 6 nitrogen and oxygen atoms in total. The van der Waals surface area contributed by atoms with E-state index in [2.05, 4.69) is 27.4 Å². The molecule has 2 heterocycles. The lowest BCUT2D eigenvalue weighted by Crippen LogP contribution is -2.14. The van der Waals surface area contributed by atoms with Crippen LogP contribution in [0.3, 0.4) is 0 Å². The Bertz CT molecular complexity index is 915. The summed E-state index contributed by atoms with van der Waals surface area (Å²) >= 11 is 1.57. The van der Waals surface area contributed by atoms with Crippen molar-refractivity contribution >= 4 is 22.4 Å². The van der Waals surface area contributed by atoms with Gasteiger partial charge in [-0.15, -0.1) is 16.4 Å². The molecule has 0 radical (unpaired) electrons. The van der Waals surface area contributed by atoms with E-state index in [1.165, 1.54) is 9.67 Å². The number of hydrogen-bond acceptors (Lipinski definition) is 5. The van der Waals surface area contributed by atoms with E-state index in [-0.39, 0.29) is 5.91 Å². The Labute approximate surface area is 149 Å². The highest BCUT2D eigenvalue weighted by Gasteiger charge is 2.22. The molecule has 1 N–H and O–H groups in total. The fraction of sp³-hybridized carbons (Fsp3) is 0.333. The van der Waals surface area contributed by atoms with Gasteiger partial charge in [0.2, 0.25) is 0 Å². The third kappa shape index (κ3) is 3.19. The summed E-state index contributed by atoms with van der Waals surface area (Å²) in [6.45, 7) is 4.04. The van der Waals surface area contributed by atoms with E-state index >= 15 is 0 Å². The van der Waals surface area contributed by atoms with E-state index in [9.17, 15) is 4.79 Å². The van der Waals surface area contributed by atoms with Crippen LogP contribution in [-0.4, -0.2) is 25.9 Å². The molecule has 1 aliphatic rings. The number of aromatic nitrogens is 4. The minimum atomic E-state index is -0.265. The lowest BCUT2D eigenvalue weighted by molar-refractivity contribution is 0.102. The van der Waals surface area contributed by atoms with E-state index in [1.807, 2.05) is 30.3 Å². The summed E-state index contributed by atoms with van der Waals surface area (Å²) in [6, 6.07) is 9.55. The Balaban J connectivity index is 1.55. The molecule has 0 aliphatic heterocycles. The number of aryl methyl sites for hydroxylation is 2. The van der Waals surface area contributed by atoms with Gasteiger partial charge in [0, 0.05) is 4.88 Å². The second-order valence-corrected chi connectivity index (χ2v) is 7.53. The van der Waals surface area contributed by atoms with Gasteiger partial charge in [0.1, 0.15) is 0 Å². The average molecular weight is 353 g/mol. The van der Waals surface area contributed by atoms with Crippen LogP contribution in [0.5, 0.6) is 0 Å². The summed E-state index contributed by atoms with van der Waals surface area (Å²) in [4.78, 5) is 19.9. The number of carbonyl (C=O) groups is 1. The van der Waals surface area contributed by atoms with Crippen molar-refractivity contribution in [2.75, 3.05) is 5.32 Å². The summed E-state index contributed by atoms with van der Waals surface area (Å²) in [5.41, 5.74) is 2.87. The molecule has 3 aromatic rings. The van der Waals surface area contributed by atoms with Gasteiger partial charge >= 0.3 is 0 Å². The number of amides is 1. The molecule has 128 valence electrons. The van der Waals surface area contributed by atoms with Crippen molar-refractivity contribution in [3.8, 4) is 5.69 Å². The molecule has 1 aliphatic carbocycles. The number of nitrogens with one attached hydrogen (secondary N) is 1. The fourth-order valence-corrected chi connectivity index (χ4v) is 4.18. The number of para-hydroxylation sites is 1. The Hall–Kier alpha value is -2.54. The van der Waals surface area contributed by atoms with Crippen molar-refractivity contribution in [2.45, 2.75) is 33.1 Å². The molecular weight excluding hydrogens is 334 g/mol. The molecule has 1 unspecified atom stereocenters. The molecule has 7 heteroatoms. The minimum Gasteiger partial charge on any atom is -0.296 e. The zero-order chi connectivity index (χ0) is 17.4. The molecule has 0 spiro atoms. The Morgan fingerprint density at radius 1 is 1.28 bits per heavy atom. The van der Waals surface area contributed by atoms with E-state index in [0.717, 1.165) is 30.6 Å². The van der Waals surface area contributed by atoms with Crippen LogP contribution in [0, 0.1) is 12.8 Å². The highest BCUT2D eigenvalue weighted by atomic mass is 32.1. The van der Waals surface area contributed by atoms with E-state index in [0.29, 0.717) is 22.4 Å². The lowest BCUT2D eigenvalue weighted by atomic mass is 9.93. The highest BCUT2D eigenvalue weighted by molar-refractivity contribution is 7.15. The lowest BCUT2D eigenvalue weighted by Gasteiger charge is -2.15. The maximum Gasteiger partial charge on any atom is 0.279 e. The van der Waals surface area contributed by atoms with Crippen LogP contribution in [0.15, 0.2) is 30.3 Å². The number of rotatable bonds is 3. The summed E-state index contributed by atoms with van der Waals surface area (Å²) < 4.78 is 0. The monoisotopic (exact) mass is 353 g/mol. The number of carbonyl (C=O) groups excluding carboxylic acids is 1. The fourth-order valence-electron chi connectivity index (χ4n) is 3.02. The molecule has 1 aromatic carbocycles. The second kappa shape index (κ2) is 6.40. The summed E-state index contributed by atoms with van der Waals surface area (Å²) in [5.74, 6) is 0.420. The number of hydrogen-bond donors (Lipinski definition) is 1. The number of fused-ring (bicyclic) bond motifs is 1. The van der Waals surface area contributed by atoms with Gasteiger partial charge in [-0.05, 0) is 44.2 Å². The standard InChI is InChI=1S/C18H19N5OS/c1-11-8-9-14-15(10-11)25-18(19-14)20-17(24)16-12(2)21-23(22-16)13-6-4-3-5-7-13/h3-7,11H,8-10H2,1-2H3,(H,19,20,24). The second-order valence-electron chi connectivity index (χ2n) is 6.45. The molecule has 1 atom stereocenters. The maximum atomic E-state index is 12.6. The van der Waals surface area contributed by atoms with Crippen molar-refractivity contribution < 1.29 is 4.79 Å². The zero-order valence-corrected chi connectivity index (χ0v) is 15.0. The Morgan fingerprint density at radius 2 is 2.08 bits per heavy atom.